The number of hydrogen-bond acceptors (Lipinski definition) is 4. The Kier molecular flexibility index (Phi) is 6.32. The average Bonchev–Trinajstić information content (AvgIpc) is 3.06. The van der Waals surface area contributed by atoms with E-state index in [-0.39, 0.29) is 11.8 Å². The van der Waals surface area contributed by atoms with Crippen LogP contribution in [0.25, 0.3) is 0 Å². The van der Waals surface area contributed by atoms with Crippen molar-refractivity contribution in [3.63, 3.8) is 0 Å². The van der Waals surface area contributed by atoms with Gasteiger partial charge >= 0.3 is 0 Å². The number of rotatable bonds is 5. The summed E-state index contributed by atoms with van der Waals surface area (Å²) < 4.78 is 0. The number of amides is 2. The highest BCUT2D eigenvalue weighted by Crippen LogP contribution is 2.19. The molecular formula is C16H24N2O2S2. The number of thioether (sulfide) groups is 1. The van der Waals surface area contributed by atoms with E-state index in [9.17, 15) is 9.59 Å². The van der Waals surface area contributed by atoms with Crippen molar-refractivity contribution >= 4 is 34.9 Å². The molecule has 122 valence electrons. The minimum atomic E-state index is 0.0879. The number of carbonyl (C=O) groups is 2. The molecule has 1 fully saturated rings. The van der Waals surface area contributed by atoms with Crippen LogP contribution in [0.15, 0.2) is 17.5 Å². The monoisotopic (exact) mass is 340 g/mol. The molecule has 1 aromatic heterocycles. The Hall–Kier alpha value is -1.01. The zero-order chi connectivity index (χ0) is 16.1. The first kappa shape index (κ1) is 17.3. The van der Waals surface area contributed by atoms with Gasteiger partial charge in [-0.3, -0.25) is 9.59 Å². The first-order chi connectivity index (χ1) is 10.5. The SMILES string of the molecule is CC(C)C(C)SCC(=O)N1CCN(C(=O)c2cccs2)CC1. The highest BCUT2D eigenvalue weighted by atomic mass is 32.2. The maximum absolute atomic E-state index is 12.3. The lowest BCUT2D eigenvalue weighted by atomic mass is 10.2. The van der Waals surface area contributed by atoms with Crippen molar-refractivity contribution < 1.29 is 9.59 Å². The summed E-state index contributed by atoms with van der Waals surface area (Å²) in [6.45, 7) is 9.08. The molecule has 0 aliphatic carbocycles. The van der Waals surface area contributed by atoms with Gasteiger partial charge in [-0.2, -0.15) is 0 Å². The van der Waals surface area contributed by atoms with E-state index in [4.69, 9.17) is 0 Å². The topological polar surface area (TPSA) is 40.6 Å². The summed E-state index contributed by atoms with van der Waals surface area (Å²) in [5.74, 6) is 1.40. The van der Waals surface area contributed by atoms with Crippen LogP contribution in [-0.2, 0) is 4.79 Å². The summed E-state index contributed by atoms with van der Waals surface area (Å²) in [6.07, 6.45) is 0. The Morgan fingerprint density at radius 1 is 1.18 bits per heavy atom. The zero-order valence-corrected chi connectivity index (χ0v) is 15.1. The Morgan fingerprint density at radius 2 is 1.82 bits per heavy atom. The van der Waals surface area contributed by atoms with Crippen LogP contribution in [-0.4, -0.2) is 58.8 Å². The van der Waals surface area contributed by atoms with Gasteiger partial charge < -0.3 is 9.80 Å². The van der Waals surface area contributed by atoms with E-state index < -0.39 is 0 Å². The molecule has 1 aliphatic heterocycles. The van der Waals surface area contributed by atoms with Gasteiger partial charge in [0.2, 0.25) is 5.91 Å². The fourth-order valence-electron chi connectivity index (χ4n) is 2.20. The molecule has 0 aromatic carbocycles. The van der Waals surface area contributed by atoms with Crippen LogP contribution in [0.2, 0.25) is 0 Å². The largest absolute Gasteiger partial charge is 0.338 e. The summed E-state index contributed by atoms with van der Waals surface area (Å²) in [5, 5.41) is 2.41. The molecule has 1 aromatic rings. The molecule has 0 bridgehead atoms. The molecule has 4 nitrogen and oxygen atoms in total. The van der Waals surface area contributed by atoms with Gasteiger partial charge in [0.05, 0.1) is 10.6 Å². The standard InChI is InChI=1S/C16H24N2O2S2/c1-12(2)13(3)22-11-15(19)17-6-8-18(9-7-17)16(20)14-5-4-10-21-14/h4-5,10,12-13H,6-9,11H2,1-3H3. The lowest BCUT2D eigenvalue weighted by Gasteiger charge is -2.34. The normalized spacial score (nSPS) is 16.9. The quantitative estimate of drug-likeness (QED) is 0.827. The van der Waals surface area contributed by atoms with Crippen molar-refractivity contribution in [2.45, 2.75) is 26.0 Å². The predicted octanol–water partition coefficient (Wildman–Crippen LogP) is 2.81. The van der Waals surface area contributed by atoms with Gasteiger partial charge in [-0.05, 0) is 17.4 Å². The number of carbonyl (C=O) groups excluding carboxylic acids is 2. The first-order valence-electron chi connectivity index (χ1n) is 7.71. The highest BCUT2D eigenvalue weighted by molar-refractivity contribution is 8.00. The minimum Gasteiger partial charge on any atom is -0.338 e. The second-order valence-corrected chi connectivity index (χ2v) is 8.22. The predicted molar refractivity (Wildman–Crippen MR) is 93.6 cm³/mol. The maximum atomic E-state index is 12.3. The third-order valence-electron chi connectivity index (χ3n) is 4.06. The summed E-state index contributed by atoms with van der Waals surface area (Å²) in [4.78, 5) is 29.0. The van der Waals surface area contributed by atoms with Crippen molar-refractivity contribution in [1.29, 1.82) is 0 Å². The Balaban J connectivity index is 1.77. The van der Waals surface area contributed by atoms with Crippen LogP contribution in [0.4, 0.5) is 0 Å². The van der Waals surface area contributed by atoms with Crippen LogP contribution in [0, 0.1) is 5.92 Å². The van der Waals surface area contributed by atoms with E-state index in [1.807, 2.05) is 27.3 Å². The smallest absolute Gasteiger partial charge is 0.264 e. The third-order valence-corrected chi connectivity index (χ3v) is 6.40. The number of thiophene rings is 1. The summed E-state index contributed by atoms with van der Waals surface area (Å²) in [6, 6.07) is 3.75. The third kappa shape index (κ3) is 4.49. The van der Waals surface area contributed by atoms with E-state index in [1.54, 1.807) is 11.8 Å². The van der Waals surface area contributed by atoms with Crippen molar-refractivity contribution in [2.75, 3.05) is 31.9 Å². The van der Waals surface area contributed by atoms with Gasteiger partial charge in [0.1, 0.15) is 0 Å². The maximum Gasteiger partial charge on any atom is 0.264 e. The van der Waals surface area contributed by atoms with Crippen LogP contribution in [0.3, 0.4) is 0 Å². The lowest BCUT2D eigenvalue weighted by molar-refractivity contribution is -0.129. The number of piperazine rings is 1. The second-order valence-electron chi connectivity index (χ2n) is 5.91. The Labute approximate surface area is 140 Å². The van der Waals surface area contributed by atoms with Crippen LogP contribution >= 0.6 is 23.1 Å². The van der Waals surface area contributed by atoms with Crippen molar-refractivity contribution in [1.82, 2.24) is 9.80 Å². The molecule has 2 rings (SSSR count). The molecule has 1 unspecified atom stereocenters. The van der Waals surface area contributed by atoms with E-state index >= 15 is 0 Å². The molecule has 2 heterocycles. The minimum absolute atomic E-state index is 0.0879. The van der Waals surface area contributed by atoms with Gasteiger partial charge in [-0.25, -0.2) is 0 Å². The van der Waals surface area contributed by atoms with Gasteiger partial charge in [0.15, 0.2) is 0 Å². The zero-order valence-electron chi connectivity index (χ0n) is 13.4. The van der Waals surface area contributed by atoms with Gasteiger partial charge in [-0.15, -0.1) is 23.1 Å². The molecule has 1 aliphatic rings. The van der Waals surface area contributed by atoms with Crippen LogP contribution in [0.5, 0.6) is 0 Å². The van der Waals surface area contributed by atoms with E-state index in [2.05, 4.69) is 20.8 Å². The molecule has 1 saturated heterocycles. The summed E-state index contributed by atoms with van der Waals surface area (Å²) >= 11 is 3.19. The van der Waals surface area contributed by atoms with Crippen molar-refractivity contribution in [3.8, 4) is 0 Å². The highest BCUT2D eigenvalue weighted by Gasteiger charge is 2.25. The van der Waals surface area contributed by atoms with E-state index in [0.717, 1.165) is 4.88 Å². The molecule has 22 heavy (non-hydrogen) atoms. The first-order valence-corrected chi connectivity index (χ1v) is 9.64. The van der Waals surface area contributed by atoms with Crippen LogP contribution < -0.4 is 0 Å². The summed E-state index contributed by atoms with van der Waals surface area (Å²) in [5.41, 5.74) is 0. The molecule has 0 spiro atoms. The van der Waals surface area contributed by atoms with Crippen molar-refractivity contribution in [3.05, 3.63) is 22.4 Å². The van der Waals surface area contributed by atoms with Crippen molar-refractivity contribution in [2.24, 2.45) is 5.92 Å². The van der Waals surface area contributed by atoms with E-state index in [1.165, 1.54) is 11.3 Å². The lowest BCUT2D eigenvalue weighted by Crippen LogP contribution is -2.51. The van der Waals surface area contributed by atoms with Gasteiger partial charge in [0.25, 0.3) is 5.91 Å². The molecule has 0 saturated carbocycles. The van der Waals surface area contributed by atoms with Gasteiger partial charge in [-0.1, -0.05) is 26.8 Å². The van der Waals surface area contributed by atoms with Crippen LogP contribution in [0.1, 0.15) is 30.4 Å². The molecule has 6 heteroatoms. The summed E-state index contributed by atoms with van der Waals surface area (Å²) in [7, 11) is 0. The molecule has 2 amide bonds. The molecular weight excluding hydrogens is 316 g/mol. The fourth-order valence-corrected chi connectivity index (χ4v) is 3.87. The Bertz CT molecular complexity index is 494. The second kappa shape index (κ2) is 8.02. The Morgan fingerprint density at radius 3 is 2.36 bits per heavy atom. The van der Waals surface area contributed by atoms with E-state index in [0.29, 0.717) is 43.1 Å². The number of nitrogens with zero attached hydrogens (tertiary/aromatic N) is 2. The molecule has 1 atom stereocenters. The fraction of sp³-hybridized carbons (Fsp3) is 0.625. The van der Waals surface area contributed by atoms with Gasteiger partial charge in [0, 0.05) is 31.4 Å². The molecule has 0 N–H and O–H groups in total. The number of hydrogen-bond donors (Lipinski definition) is 0. The average molecular weight is 341 g/mol. The molecule has 0 radical (unpaired) electrons.